The smallest absolute Gasteiger partial charge is 0.357 e. The lowest BCUT2D eigenvalue weighted by molar-refractivity contribution is -0.199. The first kappa shape index (κ1) is 25.6. The summed E-state index contributed by atoms with van der Waals surface area (Å²) in [5.41, 5.74) is 1.69. The molecular weight excluding hydrogens is 525 g/mol. The Hall–Kier alpha value is -3.71. The number of ether oxygens (including phenoxy) is 5. The monoisotopic (exact) mass is 551 g/mol. The standard InChI is InChI=1S/C27H26FN5O5S/c1-27(2)37-21-19(13-34-26(39)35-18-10-5-4-6-11-18)36-25(22(21)38-27)33-15-31-20-23(29-14-30-24(20)33)32(3)17-9-7-8-16(28)12-17/h4-12,14-15,19,21-22,25H,13H2,1-3H3/t19-,21-,22-,25-/m1/s1. The summed E-state index contributed by atoms with van der Waals surface area (Å²) in [4.78, 5) is 15.2. The molecule has 0 unspecified atom stereocenters. The summed E-state index contributed by atoms with van der Waals surface area (Å²) < 4.78 is 45.8. The van der Waals surface area contributed by atoms with E-state index in [-0.39, 0.29) is 17.7 Å². The molecule has 2 fully saturated rings. The molecule has 2 aliphatic rings. The molecule has 0 bridgehead atoms. The molecule has 0 spiro atoms. The van der Waals surface area contributed by atoms with Gasteiger partial charge in [-0.3, -0.25) is 4.57 Å². The molecule has 202 valence electrons. The molecule has 0 amide bonds. The second-order valence-electron chi connectivity index (χ2n) is 9.67. The molecule has 4 aromatic rings. The van der Waals surface area contributed by atoms with E-state index in [1.165, 1.54) is 18.5 Å². The highest BCUT2D eigenvalue weighted by Gasteiger charge is 2.56. The average molecular weight is 552 g/mol. The molecule has 2 aromatic carbocycles. The summed E-state index contributed by atoms with van der Waals surface area (Å²) in [7, 11) is 1.79. The van der Waals surface area contributed by atoms with E-state index < -0.39 is 30.3 Å². The van der Waals surface area contributed by atoms with Crippen LogP contribution in [0.25, 0.3) is 11.2 Å². The quantitative estimate of drug-likeness (QED) is 0.318. The third-order valence-corrected chi connectivity index (χ3v) is 6.76. The van der Waals surface area contributed by atoms with Crippen LogP contribution >= 0.6 is 12.2 Å². The van der Waals surface area contributed by atoms with Crippen molar-refractivity contribution in [1.29, 1.82) is 0 Å². The van der Waals surface area contributed by atoms with Gasteiger partial charge in [-0.05, 0) is 44.2 Å². The van der Waals surface area contributed by atoms with Crippen LogP contribution in [0.2, 0.25) is 0 Å². The van der Waals surface area contributed by atoms with Crippen molar-refractivity contribution in [2.24, 2.45) is 0 Å². The minimum Gasteiger partial charge on any atom is -0.454 e. The van der Waals surface area contributed by atoms with Gasteiger partial charge in [0.2, 0.25) is 0 Å². The highest BCUT2D eigenvalue weighted by Crippen LogP contribution is 2.44. The van der Waals surface area contributed by atoms with Crippen LogP contribution in [-0.2, 0) is 18.9 Å². The highest BCUT2D eigenvalue weighted by atomic mass is 32.1. The van der Waals surface area contributed by atoms with Gasteiger partial charge in [0.05, 0.1) is 6.33 Å². The first-order chi connectivity index (χ1) is 18.8. The lowest BCUT2D eigenvalue weighted by atomic mass is 10.1. The maximum Gasteiger partial charge on any atom is 0.357 e. The largest absolute Gasteiger partial charge is 0.454 e. The number of imidazole rings is 1. The third-order valence-electron chi connectivity index (χ3n) is 6.56. The number of rotatable bonds is 6. The van der Waals surface area contributed by atoms with Crippen molar-refractivity contribution in [3.05, 3.63) is 73.1 Å². The Balaban J connectivity index is 1.25. The van der Waals surface area contributed by atoms with Gasteiger partial charge in [0.1, 0.15) is 42.8 Å². The van der Waals surface area contributed by atoms with Crippen LogP contribution in [0.3, 0.4) is 0 Å². The molecule has 2 aliphatic heterocycles. The van der Waals surface area contributed by atoms with E-state index in [2.05, 4.69) is 15.0 Å². The van der Waals surface area contributed by atoms with E-state index in [9.17, 15) is 4.39 Å². The van der Waals surface area contributed by atoms with Gasteiger partial charge in [-0.25, -0.2) is 19.3 Å². The fourth-order valence-corrected chi connectivity index (χ4v) is 5.02. The van der Waals surface area contributed by atoms with Gasteiger partial charge >= 0.3 is 5.24 Å². The van der Waals surface area contributed by atoms with E-state index in [0.717, 1.165) is 0 Å². The summed E-state index contributed by atoms with van der Waals surface area (Å²) in [5.74, 6) is -0.0736. The van der Waals surface area contributed by atoms with Crippen molar-refractivity contribution < 1.29 is 28.1 Å². The molecule has 12 heteroatoms. The molecule has 2 aromatic heterocycles. The number of benzene rings is 2. The Morgan fingerprint density at radius 2 is 1.87 bits per heavy atom. The average Bonchev–Trinajstić information content (AvgIpc) is 3.58. The zero-order chi connectivity index (χ0) is 27.1. The number of anilines is 2. The van der Waals surface area contributed by atoms with Crippen molar-refractivity contribution in [1.82, 2.24) is 19.5 Å². The summed E-state index contributed by atoms with van der Waals surface area (Å²) in [5, 5.41) is -0.0196. The maximum absolute atomic E-state index is 13.9. The number of hydrogen-bond acceptors (Lipinski definition) is 10. The van der Waals surface area contributed by atoms with Gasteiger partial charge < -0.3 is 28.6 Å². The molecule has 10 nitrogen and oxygen atoms in total. The van der Waals surface area contributed by atoms with Crippen LogP contribution in [-0.4, -0.2) is 62.5 Å². The summed E-state index contributed by atoms with van der Waals surface area (Å²) >= 11 is 5.26. The molecule has 39 heavy (non-hydrogen) atoms. The van der Waals surface area contributed by atoms with Gasteiger partial charge in [0.25, 0.3) is 0 Å². The minimum atomic E-state index is -0.829. The van der Waals surface area contributed by atoms with Crippen molar-refractivity contribution in [2.45, 2.75) is 44.2 Å². The van der Waals surface area contributed by atoms with Crippen LogP contribution in [0.1, 0.15) is 20.1 Å². The normalized spacial score (nSPS) is 23.5. The van der Waals surface area contributed by atoms with Crippen LogP contribution < -0.4 is 9.64 Å². The van der Waals surface area contributed by atoms with Crippen LogP contribution in [0.15, 0.2) is 67.3 Å². The van der Waals surface area contributed by atoms with Crippen molar-refractivity contribution in [3.8, 4) is 5.75 Å². The second kappa shape index (κ2) is 10.1. The Morgan fingerprint density at radius 1 is 1.08 bits per heavy atom. The van der Waals surface area contributed by atoms with E-state index in [1.807, 2.05) is 32.0 Å². The highest BCUT2D eigenvalue weighted by molar-refractivity contribution is 7.79. The van der Waals surface area contributed by atoms with Gasteiger partial charge in [-0.1, -0.05) is 24.3 Å². The van der Waals surface area contributed by atoms with Crippen molar-refractivity contribution in [3.63, 3.8) is 0 Å². The van der Waals surface area contributed by atoms with E-state index in [1.54, 1.807) is 47.1 Å². The summed E-state index contributed by atoms with van der Waals surface area (Å²) in [6.45, 7) is 3.80. The second-order valence-corrected chi connectivity index (χ2v) is 10.00. The number of hydrogen-bond donors (Lipinski definition) is 0. The molecule has 4 heterocycles. The van der Waals surface area contributed by atoms with Crippen LogP contribution in [0, 0.1) is 5.82 Å². The topological polar surface area (TPSA) is 93.0 Å². The molecule has 0 radical (unpaired) electrons. The van der Waals surface area contributed by atoms with Gasteiger partial charge in [-0.2, -0.15) is 0 Å². The number of halogens is 1. The number of para-hydroxylation sites is 1. The third kappa shape index (κ3) is 5.03. The van der Waals surface area contributed by atoms with E-state index in [4.69, 9.17) is 35.9 Å². The fourth-order valence-electron chi connectivity index (χ4n) is 4.86. The Bertz CT molecular complexity index is 1500. The number of fused-ring (bicyclic) bond motifs is 2. The molecule has 6 rings (SSSR count). The predicted octanol–water partition coefficient (Wildman–Crippen LogP) is 4.53. The SMILES string of the molecule is CN(c1cccc(F)c1)c1ncnc2c1ncn2[C@@H]1O[C@H](COC(=S)Oc2ccccc2)[C@H]2OC(C)(C)O[C@H]21. The molecule has 4 atom stereocenters. The number of nitrogens with zero attached hydrogens (tertiary/aromatic N) is 5. The first-order valence-corrected chi connectivity index (χ1v) is 12.8. The summed E-state index contributed by atoms with van der Waals surface area (Å²) in [6.07, 6.45) is 1.06. The minimum absolute atomic E-state index is 0.0196. The zero-order valence-electron chi connectivity index (χ0n) is 21.4. The number of thiocarbonyl (C=S) groups is 1. The van der Waals surface area contributed by atoms with Crippen molar-refractivity contribution >= 4 is 40.1 Å². The van der Waals surface area contributed by atoms with Crippen LogP contribution in [0.5, 0.6) is 5.75 Å². The Labute approximate surface area is 229 Å². The Morgan fingerprint density at radius 3 is 2.67 bits per heavy atom. The van der Waals surface area contributed by atoms with E-state index in [0.29, 0.717) is 28.4 Å². The molecule has 0 aliphatic carbocycles. The van der Waals surface area contributed by atoms with E-state index >= 15 is 0 Å². The maximum atomic E-state index is 13.9. The zero-order valence-corrected chi connectivity index (χ0v) is 22.2. The summed E-state index contributed by atoms with van der Waals surface area (Å²) in [6, 6.07) is 15.4. The first-order valence-electron chi connectivity index (χ1n) is 12.4. The van der Waals surface area contributed by atoms with Gasteiger partial charge in [0, 0.05) is 25.0 Å². The molecule has 2 saturated heterocycles. The van der Waals surface area contributed by atoms with Gasteiger partial charge in [-0.15, -0.1) is 0 Å². The Kier molecular flexibility index (Phi) is 6.63. The van der Waals surface area contributed by atoms with Crippen LogP contribution in [0.4, 0.5) is 15.9 Å². The molecule has 0 saturated carbocycles. The fraction of sp³-hybridized carbons (Fsp3) is 0.333. The lowest BCUT2D eigenvalue weighted by Gasteiger charge is -2.25. The number of aromatic nitrogens is 4. The van der Waals surface area contributed by atoms with Crippen molar-refractivity contribution in [2.75, 3.05) is 18.6 Å². The van der Waals surface area contributed by atoms with Gasteiger partial charge in [0.15, 0.2) is 29.0 Å². The molecule has 0 N–H and O–H groups in total. The lowest BCUT2D eigenvalue weighted by Crippen LogP contribution is -2.34. The predicted molar refractivity (Wildman–Crippen MR) is 143 cm³/mol. The molecular formula is C27H26FN5O5S.